The van der Waals surface area contributed by atoms with E-state index in [1.54, 1.807) is 42.5 Å². The van der Waals surface area contributed by atoms with Crippen molar-refractivity contribution < 1.29 is 19.1 Å². The number of nitrogens with one attached hydrogen (secondary N) is 1. The van der Waals surface area contributed by atoms with E-state index in [-0.39, 0.29) is 5.91 Å². The number of hydrogen-bond donors (Lipinski definition) is 1. The summed E-state index contributed by atoms with van der Waals surface area (Å²) >= 11 is 0. The Balaban J connectivity index is 2.29. The van der Waals surface area contributed by atoms with Gasteiger partial charge in [0.15, 0.2) is 11.5 Å². The fourth-order valence-corrected chi connectivity index (χ4v) is 2.38. The molecule has 0 bridgehead atoms. The fraction of sp³-hybridized carbons (Fsp3) is 0.300. The largest absolute Gasteiger partial charge is 0.493 e. The molecule has 0 aromatic heterocycles. The third kappa shape index (κ3) is 4.33. The van der Waals surface area contributed by atoms with Crippen LogP contribution >= 0.6 is 0 Å². The van der Waals surface area contributed by atoms with Crippen LogP contribution in [0.15, 0.2) is 48.5 Å². The van der Waals surface area contributed by atoms with Crippen LogP contribution in [0.4, 0.5) is 0 Å². The van der Waals surface area contributed by atoms with Gasteiger partial charge in [0.05, 0.1) is 19.8 Å². The van der Waals surface area contributed by atoms with Crippen molar-refractivity contribution in [3.63, 3.8) is 0 Å². The molecule has 138 valence electrons. The standard InChI is InChI=1S/C20H24N2O4/c1-20(2,3)22(19(24)14-9-7-6-8-10-14)21-18(23)15-11-12-16(25-4)17(13-15)26-5/h6-13H,1-5H3,(H,21,23). The van der Waals surface area contributed by atoms with Gasteiger partial charge in [-0.2, -0.15) is 0 Å². The molecule has 2 amide bonds. The Morgan fingerprint density at radius 3 is 2.04 bits per heavy atom. The maximum absolute atomic E-state index is 12.8. The molecule has 0 saturated heterocycles. The summed E-state index contributed by atoms with van der Waals surface area (Å²) in [5, 5.41) is 1.33. The maximum Gasteiger partial charge on any atom is 0.272 e. The minimum Gasteiger partial charge on any atom is -0.493 e. The number of carbonyl (C=O) groups excluding carboxylic acids is 2. The molecular weight excluding hydrogens is 332 g/mol. The lowest BCUT2D eigenvalue weighted by atomic mass is 10.1. The molecule has 0 spiro atoms. The number of ether oxygens (including phenoxy) is 2. The molecule has 6 heteroatoms. The number of hydrazine groups is 1. The average Bonchev–Trinajstić information content (AvgIpc) is 2.64. The monoisotopic (exact) mass is 356 g/mol. The highest BCUT2D eigenvalue weighted by Gasteiger charge is 2.29. The SMILES string of the molecule is COc1ccc(C(=O)NN(C(=O)c2ccccc2)C(C)(C)C)cc1OC. The van der Waals surface area contributed by atoms with Crippen LogP contribution in [0.3, 0.4) is 0 Å². The number of nitrogens with zero attached hydrogens (tertiary/aromatic N) is 1. The quantitative estimate of drug-likeness (QED) is 0.854. The van der Waals surface area contributed by atoms with Crippen molar-refractivity contribution in [2.24, 2.45) is 0 Å². The van der Waals surface area contributed by atoms with E-state index in [9.17, 15) is 9.59 Å². The van der Waals surface area contributed by atoms with Crippen LogP contribution in [-0.2, 0) is 0 Å². The van der Waals surface area contributed by atoms with Crippen molar-refractivity contribution in [3.8, 4) is 11.5 Å². The lowest BCUT2D eigenvalue weighted by molar-refractivity contribution is 0.0358. The molecule has 0 unspecified atom stereocenters. The van der Waals surface area contributed by atoms with Gasteiger partial charge in [-0.1, -0.05) is 18.2 Å². The van der Waals surface area contributed by atoms with Crippen molar-refractivity contribution in [1.82, 2.24) is 10.4 Å². The van der Waals surface area contributed by atoms with Crippen LogP contribution in [0.2, 0.25) is 0 Å². The lowest BCUT2D eigenvalue weighted by Gasteiger charge is -2.35. The highest BCUT2D eigenvalue weighted by atomic mass is 16.5. The van der Waals surface area contributed by atoms with Crippen molar-refractivity contribution in [1.29, 1.82) is 0 Å². The van der Waals surface area contributed by atoms with Crippen LogP contribution in [0.25, 0.3) is 0 Å². The van der Waals surface area contributed by atoms with Gasteiger partial charge in [0.1, 0.15) is 0 Å². The number of hydrogen-bond acceptors (Lipinski definition) is 4. The van der Waals surface area contributed by atoms with Gasteiger partial charge in [-0.05, 0) is 51.1 Å². The molecule has 0 saturated carbocycles. The van der Waals surface area contributed by atoms with Crippen LogP contribution in [0, 0.1) is 0 Å². The molecule has 0 aliphatic carbocycles. The predicted octanol–water partition coefficient (Wildman–Crippen LogP) is 3.29. The minimum absolute atomic E-state index is 0.285. The van der Waals surface area contributed by atoms with Gasteiger partial charge in [0.25, 0.3) is 11.8 Å². The van der Waals surface area contributed by atoms with Crippen molar-refractivity contribution in [2.45, 2.75) is 26.3 Å². The second kappa shape index (κ2) is 7.91. The number of amides is 2. The van der Waals surface area contributed by atoms with Gasteiger partial charge in [-0.25, -0.2) is 5.01 Å². The second-order valence-corrected chi connectivity index (χ2v) is 6.69. The first-order valence-corrected chi connectivity index (χ1v) is 8.20. The normalized spacial score (nSPS) is 10.8. The van der Waals surface area contributed by atoms with E-state index < -0.39 is 11.4 Å². The van der Waals surface area contributed by atoms with Crippen LogP contribution in [0.1, 0.15) is 41.5 Å². The van der Waals surface area contributed by atoms with Gasteiger partial charge in [-0.15, -0.1) is 0 Å². The molecule has 2 aromatic rings. The van der Waals surface area contributed by atoms with E-state index in [1.807, 2.05) is 26.8 Å². The zero-order chi connectivity index (χ0) is 19.3. The van der Waals surface area contributed by atoms with Gasteiger partial charge < -0.3 is 9.47 Å². The van der Waals surface area contributed by atoms with Gasteiger partial charge in [0.2, 0.25) is 0 Å². The molecular formula is C20H24N2O4. The molecule has 0 aliphatic rings. The van der Waals surface area contributed by atoms with Gasteiger partial charge in [-0.3, -0.25) is 15.0 Å². The summed E-state index contributed by atoms with van der Waals surface area (Å²) in [7, 11) is 3.03. The number of methoxy groups -OCH3 is 2. The fourth-order valence-electron chi connectivity index (χ4n) is 2.38. The number of rotatable bonds is 4. The highest BCUT2D eigenvalue weighted by Crippen LogP contribution is 2.27. The molecule has 0 fully saturated rings. The third-order valence-corrected chi connectivity index (χ3v) is 3.75. The van der Waals surface area contributed by atoms with E-state index in [4.69, 9.17) is 9.47 Å². The molecule has 0 radical (unpaired) electrons. The first-order chi connectivity index (χ1) is 12.3. The summed E-state index contributed by atoms with van der Waals surface area (Å²) in [5.74, 6) is 0.269. The van der Waals surface area contributed by atoms with Crippen LogP contribution < -0.4 is 14.9 Å². The Morgan fingerprint density at radius 2 is 1.50 bits per heavy atom. The van der Waals surface area contributed by atoms with Crippen molar-refractivity contribution in [3.05, 3.63) is 59.7 Å². The van der Waals surface area contributed by atoms with E-state index in [1.165, 1.54) is 19.2 Å². The summed E-state index contributed by atoms with van der Waals surface area (Å²) in [6.07, 6.45) is 0. The molecule has 2 aromatic carbocycles. The topological polar surface area (TPSA) is 67.9 Å². The Bertz CT molecular complexity index is 782. The number of benzene rings is 2. The zero-order valence-corrected chi connectivity index (χ0v) is 15.7. The molecule has 0 aliphatic heterocycles. The summed E-state index contributed by atoms with van der Waals surface area (Å²) in [6.45, 7) is 5.55. The summed E-state index contributed by atoms with van der Waals surface area (Å²) in [5.41, 5.74) is 2.95. The van der Waals surface area contributed by atoms with E-state index >= 15 is 0 Å². The maximum atomic E-state index is 12.8. The molecule has 0 atom stereocenters. The molecule has 2 rings (SSSR count). The third-order valence-electron chi connectivity index (χ3n) is 3.75. The van der Waals surface area contributed by atoms with Crippen LogP contribution in [0.5, 0.6) is 11.5 Å². The highest BCUT2D eigenvalue weighted by molar-refractivity contribution is 5.99. The molecule has 0 heterocycles. The van der Waals surface area contributed by atoms with E-state index in [0.717, 1.165) is 0 Å². The lowest BCUT2D eigenvalue weighted by Crippen LogP contribution is -2.55. The Morgan fingerprint density at radius 1 is 0.885 bits per heavy atom. The first-order valence-electron chi connectivity index (χ1n) is 8.20. The molecule has 1 N–H and O–H groups in total. The zero-order valence-electron chi connectivity index (χ0n) is 15.7. The first kappa shape index (κ1) is 19.3. The Kier molecular flexibility index (Phi) is 5.87. The Labute approximate surface area is 153 Å². The van der Waals surface area contributed by atoms with Gasteiger partial charge >= 0.3 is 0 Å². The van der Waals surface area contributed by atoms with E-state index in [2.05, 4.69) is 5.43 Å². The Hall–Kier alpha value is -3.02. The number of carbonyl (C=O) groups is 2. The average molecular weight is 356 g/mol. The second-order valence-electron chi connectivity index (χ2n) is 6.69. The minimum atomic E-state index is -0.612. The predicted molar refractivity (Wildman–Crippen MR) is 99.4 cm³/mol. The molecule has 26 heavy (non-hydrogen) atoms. The van der Waals surface area contributed by atoms with Crippen LogP contribution in [-0.4, -0.2) is 36.6 Å². The summed E-state index contributed by atoms with van der Waals surface area (Å²) in [4.78, 5) is 25.6. The summed E-state index contributed by atoms with van der Waals surface area (Å²) in [6, 6.07) is 13.7. The van der Waals surface area contributed by atoms with Crippen molar-refractivity contribution >= 4 is 11.8 Å². The van der Waals surface area contributed by atoms with Crippen molar-refractivity contribution in [2.75, 3.05) is 14.2 Å². The van der Waals surface area contributed by atoms with E-state index in [0.29, 0.717) is 22.6 Å². The smallest absolute Gasteiger partial charge is 0.272 e. The molecule has 6 nitrogen and oxygen atoms in total. The summed E-state index contributed by atoms with van der Waals surface area (Å²) < 4.78 is 10.4. The van der Waals surface area contributed by atoms with Gasteiger partial charge in [0, 0.05) is 11.1 Å².